The Morgan fingerprint density at radius 2 is 1.91 bits per heavy atom. The zero-order valence-corrected chi connectivity index (χ0v) is 14.7. The smallest absolute Gasteiger partial charge is 0.262 e. The van der Waals surface area contributed by atoms with Crippen LogP contribution < -0.4 is 15.8 Å². The molecular weight excluding hydrogens is 407 g/mol. The lowest BCUT2D eigenvalue weighted by molar-refractivity contribution is -0.118. The predicted octanol–water partition coefficient (Wildman–Crippen LogP) is 3.87. The number of carbonyl (C=O) groups excluding carboxylic acids is 2. The van der Waals surface area contributed by atoms with Crippen LogP contribution in [0.25, 0.3) is 0 Å². The Kier molecular flexibility index (Phi) is 5.87. The molecule has 2 amide bonds. The molecule has 0 fully saturated rings. The van der Waals surface area contributed by atoms with Gasteiger partial charge in [-0.2, -0.15) is 0 Å². The average molecular weight is 418 g/mol. The number of nitrogens with one attached hydrogen (secondary N) is 1. The maximum atomic E-state index is 12.0. The number of benzene rings is 2. The van der Waals surface area contributed by atoms with Gasteiger partial charge in [0.1, 0.15) is 0 Å². The molecule has 120 valence electrons. The Bertz CT molecular complexity index is 745. The molecule has 0 unspecified atom stereocenters. The van der Waals surface area contributed by atoms with Crippen molar-refractivity contribution in [3.63, 3.8) is 0 Å². The van der Waals surface area contributed by atoms with Crippen LogP contribution in [0.4, 0.5) is 5.69 Å². The zero-order valence-electron chi connectivity index (χ0n) is 11.6. The molecule has 2 rings (SSSR count). The molecule has 0 spiro atoms. The van der Waals surface area contributed by atoms with Gasteiger partial charge >= 0.3 is 0 Å². The van der Waals surface area contributed by atoms with Crippen molar-refractivity contribution in [2.45, 2.75) is 0 Å². The van der Waals surface area contributed by atoms with Gasteiger partial charge in [0.25, 0.3) is 11.8 Å². The summed E-state index contributed by atoms with van der Waals surface area (Å²) in [5.41, 5.74) is 5.78. The lowest BCUT2D eigenvalue weighted by Gasteiger charge is -2.12. The molecule has 0 aliphatic carbocycles. The monoisotopic (exact) mass is 416 g/mol. The fraction of sp³-hybridized carbons (Fsp3) is 0.0667. The Balaban J connectivity index is 2.06. The highest BCUT2D eigenvalue weighted by Gasteiger charge is 2.13. The van der Waals surface area contributed by atoms with E-state index in [1.54, 1.807) is 24.3 Å². The van der Waals surface area contributed by atoms with Crippen LogP contribution in [0, 0.1) is 0 Å². The number of ether oxygens (including phenoxy) is 1. The van der Waals surface area contributed by atoms with E-state index in [0.717, 1.165) is 0 Å². The molecule has 0 saturated carbocycles. The van der Waals surface area contributed by atoms with E-state index in [-0.39, 0.29) is 17.2 Å². The van der Waals surface area contributed by atoms with Gasteiger partial charge < -0.3 is 15.8 Å². The predicted molar refractivity (Wildman–Crippen MR) is 93.2 cm³/mol. The molecule has 0 atom stereocenters. The minimum atomic E-state index is -0.634. The first-order valence-corrected chi connectivity index (χ1v) is 7.89. The van der Waals surface area contributed by atoms with Crippen molar-refractivity contribution in [2.75, 3.05) is 11.9 Å². The SMILES string of the molecule is NC(=O)c1ccccc1NC(=O)COc1c(Cl)cc(Cl)cc1Br. The maximum absolute atomic E-state index is 12.0. The number of rotatable bonds is 5. The van der Waals surface area contributed by atoms with E-state index >= 15 is 0 Å². The fourth-order valence-electron chi connectivity index (χ4n) is 1.80. The first-order chi connectivity index (χ1) is 10.9. The summed E-state index contributed by atoms with van der Waals surface area (Å²) < 4.78 is 5.92. The second-order valence-corrected chi connectivity index (χ2v) is 6.14. The number of carbonyl (C=O) groups is 2. The highest BCUT2D eigenvalue weighted by molar-refractivity contribution is 9.10. The standard InChI is InChI=1S/C15H11BrCl2N2O3/c16-10-5-8(17)6-11(18)14(10)23-7-13(21)20-12-4-2-1-3-9(12)15(19)22/h1-6H,7H2,(H2,19,22)(H,20,21). The van der Waals surface area contributed by atoms with Crippen LogP contribution in [0.5, 0.6) is 5.75 Å². The molecule has 23 heavy (non-hydrogen) atoms. The molecule has 8 heteroatoms. The third-order valence-electron chi connectivity index (χ3n) is 2.78. The van der Waals surface area contributed by atoms with Crippen molar-refractivity contribution in [3.8, 4) is 5.75 Å². The molecule has 2 aromatic rings. The second-order valence-electron chi connectivity index (χ2n) is 4.45. The van der Waals surface area contributed by atoms with Crippen LogP contribution in [0.3, 0.4) is 0 Å². The van der Waals surface area contributed by atoms with Crippen molar-refractivity contribution in [1.29, 1.82) is 0 Å². The minimum absolute atomic E-state index is 0.214. The lowest BCUT2D eigenvalue weighted by atomic mass is 10.1. The van der Waals surface area contributed by atoms with Crippen molar-refractivity contribution in [2.24, 2.45) is 5.73 Å². The van der Waals surface area contributed by atoms with Gasteiger partial charge in [-0.1, -0.05) is 35.3 Å². The van der Waals surface area contributed by atoms with Gasteiger partial charge in [-0.3, -0.25) is 9.59 Å². The van der Waals surface area contributed by atoms with E-state index in [2.05, 4.69) is 21.2 Å². The Morgan fingerprint density at radius 1 is 1.22 bits per heavy atom. The van der Waals surface area contributed by atoms with Gasteiger partial charge in [0, 0.05) is 5.02 Å². The van der Waals surface area contributed by atoms with Crippen molar-refractivity contribution in [1.82, 2.24) is 0 Å². The van der Waals surface area contributed by atoms with Gasteiger partial charge in [0.05, 0.1) is 20.7 Å². The molecule has 0 aromatic heterocycles. The molecular formula is C15H11BrCl2N2O3. The first-order valence-electron chi connectivity index (χ1n) is 6.34. The normalized spacial score (nSPS) is 10.2. The number of hydrogen-bond acceptors (Lipinski definition) is 3. The van der Waals surface area contributed by atoms with Crippen LogP contribution in [-0.4, -0.2) is 18.4 Å². The summed E-state index contributed by atoms with van der Waals surface area (Å²) in [7, 11) is 0. The van der Waals surface area contributed by atoms with E-state index in [9.17, 15) is 9.59 Å². The van der Waals surface area contributed by atoms with Crippen LogP contribution in [0.1, 0.15) is 10.4 Å². The van der Waals surface area contributed by atoms with Gasteiger partial charge in [-0.25, -0.2) is 0 Å². The summed E-state index contributed by atoms with van der Waals surface area (Å²) in [4.78, 5) is 23.3. The molecule has 3 N–H and O–H groups in total. The molecule has 2 aromatic carbocycles. The number of halogens is 3. The van der Waals surface area contributed by atoms with Gasteiger partial charge in [-0.15, -0.1) is 0 Å². The topological polar surface area (TPSA) is 81.4 Å². The molecule has 0 heterocycles. The number of amides is 2. The number of anilines is 1. The number of nitrogens with two attached hydrogens (primary N) is 1. The first kappa shape index (κ1) is 17.6. The summed E-state index contributed by atoms with van der Waals surface area (Å²) in [5.74, 6) is -0.795. The number of primary amides is 1. The summed E-state index contributed by atoms with van der Waals surface area (Å²) in [5, 5.41) is 3.28. The third-order valence-corrected chi connectivity index (χ3v) is 3.87. The van der Waals surface area contributed by atoms with Crippen LogP contribution >= 0.6 is 39.1 Å². The van der Waals surface area contributed by atoms with Crippen LogP contribution in [0.15, 0.2) is 40.9 Å². The minimum Gasteiger partial charge on any atom is -0.481 e. The van der Waals surface area contributed by atoms with Crippen LogP contribution in [-0.2, 0) is 4.79 Å². The van der Waals surface area contributed by atoms with E-state index in [1.165, 1.54) is 12.1 Å². The van der Waals surface area contributed by atoms with Crippen molar-refractivity contribution < 1.29 is 14.3 Å². The summed E-state index contributed by atoms with van der Waals surface area (Å²) >= 11 is 15.1. The van der Waals surface area contributed by atoms with E-state index < -0.39 is 11.8 Å². The second kappa shape index (κ2) is 7.68. The quantitative estimate of drug-likeness (QED) is 0.774. The van der Waals surface area contributed by atoms with Crippen molar-refractivity contribution >= 4 is 56.6 Å². The largest absolute Gasteiger partial charge is 0.481 e. The van der Waals surface area contributed by atoms with Gasteiger partial charge in [0.15, 0.2) is 12.4 Å². The summed E-state index contributed by atoms with van der Waals surface area (Å²) in [6.07, 6.45) is 0. The number of hydrogen-bond donors (Lipinski definition) is 2. The summed E-state index contributed by atoms with van der Waals surface area (Å²) in [6, 6.07) is 9.52. The van der Waals surface area contributed by atoms with Crippen molar-refractivity contribution in [3.05, 3.63) is 56.5 Å². The van der Waals surface area contributed by atoms with Crippen LogP contribution in [0.2, 0.25) is 10.0 Å². The maximum Gasteiger partial charge on any atom is 0.262 e. The molecule has 0 bridgehead atoms. The molecule has 0 aliphatic rings. The number of para-hydroxylation sites is 1. The molecule has 0 radical (unpaired) electrons. The molecule has 0 saturated heterocycles. The fourth-order valence-corrected chi connectivity index (χ4v) is 3.17. The summed E-state index contributed by atoms with van der Waals surface area (Å²) in [6.45, 7) is -0.299. The lowest BCUT2D eigenvalue weighted by Crippen LogP contribution is -2.23. The Hall–Kier alpha value is -1.76. The zero-order chi connectivity index (χ0) is 17.0. The third kappa shape index (κ3) is 4.60. The van der Waals surface area contributed by atoms with E-state index in [1.807, 2.05) is 0 Å². The van der Waals surface area contributed by atoms with Gasteiger partial charge in [0.2, 0.25) is 0 Å². The Labute approximate surface area is 150 Å². The molecule has 5 nitrogen and oxygen atoms in total. The molecule has 0 aliphatic heterocycles. The highest BCUT2D eigenvalue weighted by Crippen LogP contribution is 2.36. The van der Waals surface area contributed by atoms with E-state index in [0.29, 0.717) is 20.9 Å². The average Bonchev–Trinajstić information content (AvgIpc) is 2.46. The van der Waals surface area contributed by atoms with Gasteiger partial charge in [-0.05, 0) is 40.2 Å². The Morgan fingerprint density at radius 3 is 2.57 bits per heavy atom. The highest BCUT2D eigenvalue weighted by atomic mass is 79.9. The van der Waals surface area contributed by atoms with E-state index in [4.69, 9.17) is 33.7 Å².